The molecule has 8 nitrogen and oxygen atoms in total. The van der Waals surface area contributed by atoms with Gasteiger partial charge in [-0.25, -0.2) is 0 Å². The van der Waals surface area contributed by atoms with E-state index in [1.807, 2.05) is 55.5 Å². The second kappa shape index (κ2) is 13.3. The molecule has 1 saturated heterocycles. The number of carbonyl (C=O) groups is 3. The Hall–Kier alpha value is -3.38. The summed E-state index contributed by atoms with van der Waals surface area (Å²) in [6, 6.07) is 15.5. The lowest BCUT2D eigenvalue weighted by Crippen LogP contribution is -2.56. The number of hydrogen-bond donors (Lipinski definition) is 1. The molecule has 2 aromatic rings. The minimum absolute atomic E-state index is 0.190. The van der Waals surface area contributed by atoms with E-state index in [1.54, 1.807) is 39.6 Å². The summed E-state index contributed by atoms with van der Waals surface area (Å²) in [6.45, 7) is 9.83. The van der Waals surface area contributed by atoms with Crippen molar-refractivity contribution < 1.29 is 19.1 Å². The van der Waals surface area contributed by atoms with Gasteiger partial charge in [0.15, 0.2) is 0 Å². The standard InChI is InChI=1S/C31H39BrN4O4/c1-20-14-24(17-33)36(18-20)29(38)26(35(6)28(37)21(2)34-30(39)31(3,4)5)16-23-12-13-27(25(32)15-23)40-19-22-10-8-7-9-11-22/h7-13,15,20-21,24,26H,14,16,18-19H2,1-6H3,(H,34,39)/t20-,21-,24-,26+/m0/s1. The highest BCUT2D eigenvalue weighted by atomic mass is 79.9. The van der Waals surface area contributed by atoms with E-state index in [1.165, 1.54) is 4.90 Å². The van der Waals surface area contributed by atoms with E-state index in [0.29, 0.717) is 25.3 Å². The van der Waals surface area contributed by atoms with Gasteiger partial charge in [-0.05, 0) is 58.5 Å². The third-order valence-corrected chi connectivity index (χ3v) is 7.72. The number of nitrogens with zero attached hydrogens (tertiary/aromatic N) is 3. The second-order valence-electron chi connectivity index (χ2n) is 11.6. The van der Waals surface area contributed by atoms with Crippen LogP contribution in [0.15, 0.2) is 53.0 Å². The zero-order chi connectivity index (χ0) is 29.6. The summed E-state index contributed by atoms with van der Waals surface area (Å²) in [5, 5.41) is 12.5. The van der Waals surface area contributed by atoms with E-state index in [4.69, 9.17) is 4.74 Å². The molecule has 4 atom stereocenters. The Kier molecular flexibility index (Phi) is 10.4. The van der Waals surface area contributed by atoms with Crippen molar-refractivity contribution in [3.8, 4) is 11.8 Å². The van der Waals surface area contributed by atoms with Gasteiger partial charge in [-0.3, -0.25) is 14.4 Å². The fourth-order valence-electron chi connectivity index (χ4n) is 4.67. The van der Waals surface area contributed by atoms with Crippen molar-refractivity contribution in [3.63, 3.8) is 0 Å². The lowest BCUT2D eigenvalue weighted by Gasteiger charge is -2.34. The summed E-state index contributed by atoms with van der Waals surface area (Å²) >= 11 is 3.59. The number of likely N-dealkylation sites (tertiary alicyclic amines) is 1. The van der Waals surface area contributed by atoms with Gasteiger partial charge < -0.3 is 19.9 Å². The molecule has 1 heterocycles. The SMILES string of the molecule is C[C@H]1C[C@@H](C#N)N(C(=O)[C@@H](Cc2ccc(OCc3ccccc3)c(Br)c2)N(C)C(=O)[C@H](C)NC(=O)C(C)(C)C)C1. The largest absolute Gasteiger partial charge is 0.488 e. The first-order valence-electron chi connectivity index (χ1n) is 13.5. The Bertz CT molecular complexity index is 1250. The summed E-state index contributed by atoms with van der Waals surface area (Å²) in [5.74, 6) is -0.0513. The molecular weight excluding hydrogens is 572 g/mol. The summed E-state index contributed by atoms with van der Waals surface area (Å²) in [6.07, 6.45) is 0.839. The van der Waals surface area contributed by atoms with Crippen LogP contribution in [0, 0.1) is 22.7 Å². The Balaban J connectivity index is 1.83. The summed E-state index contributed by atoms with van der Waals surface area (Å²) in [7, 11) is 1.58. The van der Waals surface area contributed by atoms with Gasteiger partial charge >= 0.3 is 0 Å². The normalized spacial score (nSPS) is 18.4. The van der Waals surface area contributed by atoms with Gasteiger partial charge in [-0.1, -0.05) is 64.1 Å². The molecule has 3 rings (SSSR count). The lowest BCUT2D eigenvalue weighted by molar-refractivity contribution is -0.146. The minimum Gasteiger partial charge on any atom is -0.488 e. The molecule has 0 unspecified atom stereocenters. The van der Waals surface area contributed by atoms with E-state index >= 15 is 0 Å². The first-order valence-corrected chi connectivity index (χ1v) is 14.3. The van der Waals surface area contributed by atoms with Crippen LogP contribution < -0.4 is 10.1 Å². The average Bonchev–Trinajstić information content (AvgIpc) is 3.30. The molecule has 1 aliphatic heterocycles. The number of nitrogens with one attached hydrogen (secondary N) is 1. The minimum atomic E-state index is -0.856. The van der Waals surface area contributed by atoms with Gasteiger partial charge in [-0.15, -0.1) is 0 Å². The Labute approximate surface area is 245 Å². The Morgan fingerprint density at radius 1 is 1.18 bits per heavy atom. The third-order valence-electron chi connectivity index (χ3n) is 7.10. The summed E-state index contributed by atoms with van der Waals surface area (Å²) in [5.41, 5.74) is 1.21. The topological polar surface area (TPSA) is 103 Å². The van der Waals surface area contributed by atoms with Crippen LogP contribution >= 0.6 is 15.9 Å². The number of halogens is 1. The number of rotatable bonds is 9. The number of benzene rings is 2. The fourth-order valence-corrected chi connectivity index (χ4v) is 5.21. The first kappa shape index (κ1) is 31.2. The predicted octanol–water partition coefficient (Wildman–Crippen LogP) is 4.71. The molecule has 0 radical (unpaired) electrons. The van der Waals surface area contributed by atoms with E-state index in [-0.39, 0.29) is 30.1 Å². The van der Waals surface area contributed by atoms with Crippen LogP contribution in [0.2, 0.25) is 0 Å². The number of carbonyl (C=O) groups excluding carboxylic acids is 3. The number of hydrogen-bond acceptors (Lipinski definition) is 5. The Morgan fingerprint density at radius 3 is 2.45 bits per heavy atom. The molecule has 1 aliphatic rings. The van der Waals surface area contributed by atoms with Gasteiger partial charge in [-0.2, -0.15) is 5.26 Å². The smallest absolute Gasteiger partial charge is 0.246 e. The lowest BCUT2D eigenvalue weighted by atomic mass is 9.95. The monoisotopic (exact) mass is 610 g/mol. The van der Waals surface area contributed by atoms with Crippen molar-refractivity contribution in [2.24, 2.45) is 11.3 Å². The molecule has 0 saturated carbocycles. The second-order valence-corrected chi connectivity index (χ2v) is 12.5. The molecule has 3 amide bonds. The van der Waals surface area contributed by atoms with Crippen LogP contribution in [-0.4, -0.2) is 59.2 Å². The van der Waals surface area contributed by atoms with E-state index in [9.17, 15) is 19.6 Å². The van der Waals surface area contributed by atoms with E-state index < -0.39 is 23.5 Å². The quantitative estimate of drug-likeness (QED) is 0.443. The van der Waals surface area contributed by atoms with Crippen LogP contribution in [0.5, 0.6) is 5.75 Å². The van der Waals surface area contributed by atoms with Gasteiger partial charge in [0, 0.05) is 25.4 Å². The van der Waals surface area contributed by atoms with Gasteiger partial charge in [0.1, 0.15) is 30.5 Å². The van der Waals surface area contributed by atoms with Crippen molar-refractivity contribution in [2.45, 2.75) is 72.2 Å². The van der Waals surface area contributed by atoms with Crippen LogP contribution in [0.3, 0.4) is 0 Å². The Morgan fingerprint density at radius 2 is 1.85 bits per heavy atom. The highest BCUT2D eigenvalue weighted by molar-refractivity contribution is 9.10. The maximum absolute atomic E-state index is 13.9. The highest BCUT2D eigenvalue weighted by Gasteiger charge is 2.40. The molecule has 9 heteroatoms. The zero-order valence-electron chi connectivity index (χ0n) is 24.1. The predicted molar refractivity (Wildman–Crippen MR) is 157 cm³/mol. The number of amides is 3. The molecule has 0 spiro atoms. The van der Waals surface area contributed by atoms with Gasteiger partial charge in [0.25, 0.3) is 0 Å². The molecule has 0 bridgehead atoms. The van der Waals surface area contributed by atoms with Crippen molar-refractivity contribution >= 4 is 33.7 Å². The van der Waals surface area contributed by atoms with Crippen LogP contribution in [0.1, 0.15) is 52.2 Å². The molecular formula is C31H39BrN4O4. The molecule has 0 aromatic heterocycles. The number of likely N-dealkylation sites (N-methyl/N-ethyl adjacent to an activating group) is 1. The van der Waals surface area contributed by atoms with Crippen molar-refractivity contribution in [1.82, 2.24) is 15.1 Å². The molecule has 0 aliphatic carbocycles. The molecule has 1 N–H and O–H groups in total. The van der Waals surface area contributed by atoms with Crippen molar-refractivity contribution in [2.75, 3.05) is 13.6 Å². The van der Waals surface area contributed by atoms with Crippen molar-refractivity contribution in [1.29, 1.82) is 5.26 Å². The van der Waals surface area contributed by atoms with Gasteiger partial charge in [0.2, 0.25) is 17.7 Å². The average molecular weight is 612 g/mol. The zero-order valence-corrected chi connectivity index (χ0v) is 25.7. The van der Waals surface area contributed by atoms with Gasteiger partial charge in [0.05, 0.1) is 10.5 Å². The highest BCUT2D eigenvalue weighted by Crippen LogP contribution is 2.29. The van der Waals surface area contributed by atoms with E-state index in [0.717, 1.165) is 15.6 Å². The maximum atomic E-state index is 13.9. The van der Waals surface area contributed by atoms with E-state index in [2.05, 4.69) is 27.3 Å². The first-order chi connectivity index (χ1) is 18.8. The fraction of sp³-hybridized carbons (Fsp3) is 0.484. The maximum Gasteiger partial charge on any atom is 0.246 e. The molecule has 1 fully saturated rings. The molecule has 2 aromatic carbocycles. The van der Waals surface area contributed by atoms with Crippen molar-refractivity contribution in [3.05, 3.63) is 64.1 Å². The summed E-state index contributed by atoms with van der Waals surface area (Å²) < 4.78 is 6.70. The number of ether oxygens (including phenoxy) is 1. The third kappa shape index (κ3) is 7.85. The van der Waals surface area contributed by atoms with Crippen LogP contribution in [0.25, 0.3) is 0 Å². The number of nitriles is 1. The molecule has 214 valence electrons. The summed E-state index contributed by atoms with van der Waals surface area (Å²) in [4.78, 5) is 42.9. The van der Waals surface area contributed by atoms with Crippen LogP contribution in [0.4, 0.5) is 0 Å². The van der Waals surface area contributed by atoms with Crippen LogP contribution in [-0.2, 0) is 27.4 Å². The molecule has 40 heavy (non-hydrogen) atoms.